The highest BCUT2D eigenvalue weighted by atomic mass is 32.2. The predicted octanol–water partition coefficient (Wildman–Crippen LogP) is 3.09. The summed E-state index contributed by atoms with van der Waals surface area (Å²) in [6, 6.07) is 5.05. The van der Waals surface area contributed by atoms with E-state index in [-0.39, 0.29) is 15.8 Å². The average Bonchev–Trinajstić information content (AvgIpc) is 2.79. The minimum atomic E-state index is -1.09. The minimum Gasteiger partial charge on any atom is -0.480 e. The van der Waals surface area contributed by atoms with Crippen LogP contribution in [0.15, 0.2) is 29.2 Å². The monoisotopic (exact) mass is 379 g/mol. The van der Waals surface area contributed by atoms with E-state index in [0.29, 0.717) is 16.9 Å². The highest BCUT2D eigenvalue weighted by Gasteiger charge is 2.40. The van der Waals surface area contributed by atoms with Gasteiger partial charge in [0, 0.05) is 0 Å². The zero-order valence-electron chi connectivity index (χ0n) is 13.6. The quantitative estimate of drug-likeness (QED) is 0.579. The Morgan fingerprint density at radius 1 is 1.24 bits per heavy atom. The molecule has 1 fully saturated rings. The minimum absolute atomic E-state index is 0.0956. The van der Waals surface area contributed by atoms with E-state index in [2.05, 4.69) is 0 Å². The molecule has 1 unspecified atom stereocenters. The Morgan fingerprint density at radius 2 is 1.84 bits per heavy atom. The van der Waals surface area contributed by atoms with Gasteiger partial charge in [-0.15, -0.1) is 0 Å². The number of thiocarbonyl (C=S) groups is 1. The lowest BCUT2D eigenvalue weighted by molar-refractivity contribution is -0.145. The molecule has 0 radical (unpaired) electrons. The van der Waals surface area contributed by atoms with E-state index in [9.17, 15) is 19.5 Å². The molecular formula is C17H17NO5S2. The average molecular weight is 379 g/mol. The van der Waals surface area contributed by atoms with Crippen LogP contribution in [0.3, 0.4) is 0 Å². The molecule has 1 heterocycles. The molecule has 1 amide bonds. The molecule has 0 aliphatic carbocycles. The van der Waals surface area contributed by atoms with Crippen LogP contribution in [0.4, 0.5) is 0 Å². The van der Waals surface area contributed by atoms with E-state index in [1.165, 1.54) is 12.1 Å². The second kappa shape index (κ2) is 7.79. The molecule has 6 nitrogen and oxygen atoms in total. The number of thioether (sulfide) groups is 1. The van der Waals surface area contributed by atoms with Gasteiger partial charge in [-0.2, -0.15) is 0 Å². The molecule has 132 valence electrons. The number of amides is 1. The summed E-state index contributed by atoms with van der Waals surface area (Å²) in [5, 5.41) is 18.3. The van der Waals surface area contributed by atoms with Gasteiger partial charge >= 0.3 is 11.9 Å². The number of carbonyl (C=O) groups is 3. The maximum absolute atomic E-state index is 12.6. The maximum atomic E-state index is 12.6. The SMILES string of the molecule is CC(C)CC(C(=O)O)N1C(=O)C(=Cc2ccc(C(=O)O)cc2)SC1=S. The maximum Gasteiger partial charge on any atom is 0.335 e. The zero-order chi connectivity index (χ0) is 18.7. The standard InChI is InChI=1S/C17H17NO5S2/c1-9(2)7-12(16(22)23)18-14(19)13(25-17(18)24)8-10-3-5-11(6-4-10)15(20)21/h3-6,8-9,12H,7H2,1-2H3,(H,20,21)(H,22,23). The van der Waals surface area contributed by atoms with Crippen LogP contribution in [0, 0.1) is 5.92 Å². The van der Waals surface area contributed by atoms with Gasteiger partial charge in [0.1, 0.15) is 10.4 Å². The number of carbonyl (C=O) groups excluding carboxylic acids is 1. The first kappa shape index (κ1) is 19.1. The number of aromatic carboxylic acids is 1. The number of hydrogen-bond acceptors (Lipinski definition) is 5. The summed E-state index contributed by atoms with van der Waals surface area (Å²) in [5.74, 6) is -2.46. The van der Waals surface area contributed by atoms with E-state index < -0.39 is 23.9 Å². The van der Waals surface area contributed by atoms with E-state index in [1.807, 2.05) is 13.8 Å². The smallest absolute Gasteiger partial charge is 0.335 e. The van der Waals surface area contributed by atoms with E-state index in [4.69, 9.17) is 17.3 Å². The van der Waals surface area contributed by atoms with Crippen molar-refractivity contribution in [3.05, 3.63) is 40.3 Å². The van der Waals surface area contributed by atoms with Crippen LogP contribution < -0.4 is 0 Å². The van der Waals surface area contributed by atoms with Crippen molar-refractivity contribution < 1.29 is 24.6 Å². The van der Waals surface area contributed by atoms with Crippen molar-refractivity contribution in [3.8, 4) is 0 Å². The first-order valence-corrected chi connectivity index (χ1v) is 8.76. The van der Waals surface area contributed by atoms with E-state index in [0.717, 1.165) is 16.7 Å². The van der Waals surface area contributed by atoms with Crippen molar-refractivity contribution in [1.29, 1.82) is 0 Å². The molecule has 0 saturated carbocycles. The number of carboxylic acids is 2. The summed E-state index contributed by atoms with van der Waals surface area (Å²) >= 11 is 6.25. The molecule has 1 aliphatic heterocycles. The second-order valence-electron chi connectivity index (χ2n) is 5.96. The number of benzene rings is 1. The fraction of sp³-hybridized carbons (Fsp3) is 0.294. The van der Waals surface area contributed by atoms with Gasteiger partial charge in [-0.25, -0.2) is 9.59 Å². The van der Waals surface area contributed by atoms with Crippen molar-refractivity contribution in [2.24, 2.45) is 5.92 Å². The Hall–Kier alpha value is -2.19. The lowest BCUT2D eigenvalue weighted by Gasteiger charge is -2.24. The molecule has 1 aromatic rings. The third kappa shape index (κ3) is 4.46. The zero-order valence-corrected chi connectivity index (χ0v) is 15.3. The van der Waals surface area contributed by atoms with Gasteiger partial charge in [0.25, 0.3) is 5.91 Å². The van der Waals surface area contributed by atoms with Crippen LogP contribution in [0.25, 0.3) is 6.08 Å². The Morgan fingerprint density at radius 3 is 2.32 bits per heavy atom. The Kier molecular flexibility index (Phi) is 5.97. The number of hydrogen-bond donors (Lipinski definition) is 2. The fourth-order valence-corrected chi connectivity index (χ4v) is 3.74. The summed E-state index contributed by atoms with van der Waals surface area (Å²) < 4.78 is 0.214. The van der Waals surface area contributed by atoms with Crippen molar-refractivity contribution in [2.45, 2.75) is 26.3 Å². The fourth-order valence-electron chi connectivity index (χ4n) is 2.38. The van der Waals surface area contributed by atoms with Crippen LogP contribution in [-0.2, 0) is 9.59 Å². The van der Waals surface area contributed by atoms with Gasteiger partial charge in [0.05, 0.1) is 10.5 Å². The van der Waals surface area contributed by atoms with Gasteiger partial charge in [0.15, 0.2) is 0 Å². The number of carboxylic acid groups (broad SMARTS) is 2. The highest BCUT2D eigenvalue weighted by molar-refractivity contribution is 8.26. The van der Waals surface area contributed by atoms with Crippen LogP contribution in [-0.4, -0.2) is 43.3 Å². The summed E-state index contributed by atoms with van der Waals surface area (Å²) in [6.45, 7) is 3.76. The van der Waals surface area contributed by atoms with Gasteiger partial charge in [-0.3, -0.25) is 9.69 Å². The first-order valence-electron chi connectivity index (χ1n) is 7.54. The number of aliphatic carboxylic acids is 1. The molecule has 2 rings (SSSR count). The summed E-state index contributed by atoms with van der Waals surface area (Å²) in [7, 11) is 0. The molecular weight excluding hydrogens is 362 g/mol. The Balaban J connectivity index is 2.27. The van der Waals surface area contributed by atoms with E-state index in [1.54, 1.807) is 18.2 Å². The third-order valence-corrected chi connectivity index (χ3v) is 4.90. The van der Waals surface area contributed by atoms with Gasteiger partial charge < -0.3 is 10.2 Å². The molecule has 0 spiro atoms. The molecule has 8 heteroatoms. The molecule has 1 atom stereocenters. The lowest BCUT2D eigenvalue weighted by Crippen LogP contribution is -2.44. The summed E-state index contributed by atoms with van der Waals surface area (Å²) in [6.07, 6.45) is 1.89. The molecule has 25 heavy (non-hydrogen) atoms. The van der Waals surface area contributed by atoms with Gasteiger partial charge in [-0.1, -0.05) is 50.0 Å². The summed E-state index contributed by atoms with van der Waals surface area (Å²) in [4.78, 5) is 36.5. The van der Waals surface area contributed by atoms with Crippen molar-refractivity contribution in [1.82, 2.24) is 4.90 Å². The van der Waals surface area contributed by atoms with Crippen LogP contribution in [0.1, 0.15) is 36.2 Å². The Labute approximate surface area is 154 Å². The van der Waals surface area contributed by atoms with Crippen molar-refractivity contribution in [3.63, 3.8) is 0 Å². The van der Waals surface area contributed by atoms with Crippen LogP contribution in [0.2, 0.25) is 0 Å². The van der Waals surface area contributed by atoms with Crippen LogP contribution >= 0.6 is 24.0 Å². The highest BCUT2D eigenvalue weighted by Crippen LogP contribution is 2.35. The molecule has 1 saturated heterocycles. The number of nitrogens with zero attached hydrogens (tertiary/aromatic N) is 1. The third-order valence-electron chi connectivity index (χ3n) is 3.57. The largest absolute Gasteiger partial charge is 0.480 e. The number of rotatable bonds is 6. The summed E-state index contributed by atoms with van der Waals surface area (Å²) in [5.41, 5.74) is 0.786. The van der Waals surface area contributed by atoms with Crippen molar-refractivity contribution >= 4 is 52.2 Å². The molecule has 0 aromatic heterocycles. The topological polar surface area (TPSA) is 94.9 Å². The molecule has 1 aromatic carbocycles. The van der Waals surface area contributed by atoms with Crippen LogP contribution in [0.5, 0.6) is 0 Å². The van der Waals surface area contributed by atoms with Gasteiger partial charge in [-0.05, 0) is 36.1 Å². The molecule has 0 bridgehead atoms. The molecule has 1 aliphatic rings. The lowest BCUT2D eigenvalue weighted by atomic mass is 10.0. The Bertz CT molecular complexity index is 755. The van der Waals surface area contributed by atoms with Gasteiger partial charge in [0.2, 0.25) is 0 Å². The second-order valence-corrected chi connectivity index (χ2v) is 7.64. The normalized spacial score (nSPS) is 17.4. The predicted molar refractivity (Wildman–Crippen MR) is 99.3 cm³/mol. The first-order chi connectivity index (χ1) is 11.7. The molecule has 2 N–H and O–H groups in total. The van der Waals surface area contributed by atoms with E-state index >= 15 is 0 Å². The van der Waals surface area contributed by atoms with Crippen molar-refractivity contribution in [2.75, 3.05) is 0 Å².